The van der Waals surface area contributed by atoms with Crippen LogP contribution in [0.2, 0.25) is 0 Å². The standard InChI is InChI=1S/C23H30FN3O5S/c1-17(23(29)25-2)26(16-18-10-5-6-11-19(18)24)22(28)14-9-15-27(33(4,30)31)20-12-7-8-13-21(20)32-3/h5-8,10-13,17H,9,14-16H2,1-4H3,(H,25,29). The van der Waals surface area contributed by atoms with Gasteiger partial charge in [-0.15, -0.1) is 0 Å². The SMILES string of the molecule is CNC(=O)C(C)N(Cc1ccccc1F)C(=O)CCCN(c1ccccc1OC)S(C)(=O)=O. The molecule has 2 aromatic carbocycles. The zero-order valence-electron chi connectivity index (χ0n) is 19.2. The summed E-state index contributed by atoms with van der Waals surface area (Å²) in [6, 6.07) is 11.9. The highest BCUT2D eigenvalue weighted by atomic mass is 32.2. The number of hydrogen-bond acceptors (Lipinski definition) is 5. The van der Waals surface area contributed by atoms with Gasteiger partial charge in [-0.2, -0.15) is 0 Å². The molecule has 0 aliphatic rings. The second kappa shape index (κ2) is 11.6. The lowest BCUT2D eigenvalue weighted by Gasteiger charge is -2.29. The second-order valence-corrected chi connectivity index (χ2v) is 9.42. The summed E-state index contributed by atoms with van der Waals surface area (Å²) in [4.78, 5) is 26.5. The van der Waals surface area contributed by atoms with Gasteiger partial charge in [-0.1, -0.05) is 30.3 Å². The Kier molecular flexibility index (Phi) is 9.22. The van der Waals surface area contributed by atoms with Crippen molar-refractivity contribution in [2.75, 3.05) is 31.3 Å². The monoisotopic (exact) mass is 479 g/mol. The molecule has 2 aromatic rings. The molecule has 0 spiro atoms. The maximum absolute atomic E-state index is 14.2. The van der Waals surface area contributed by atoms with Crippen LogP contribution in [0.4, 0.5) is 10.1 Å². The van der Waals surface area contributed by atoms with E-state index in [4.69, 9.17) is 4.74 Å². The molecule has 1 N–H and O–H groups in total. The number of ether oxygens (including phenoxy) is 1. The smallest absolute Gasteiger partial charge is 0.242 e. The van der Waals surface area contributed by atoms with Gasteiger partial charge in [0.15, 0.2) is 0 Å². The fourth-order valence-electron chi connectivity index (χ4n) is 3.42. The molecular weight excluding hydrogens is 449 g/mol. The summed E-state index contributed by atoms with van der Waals surface area (Å²) >= 11 is 0. The van der Waals surface area contributed by atoms with Crippen LogP contribution in [0.25, 0.3) is 0 Å². The Morgan fingerprint density at radius 3 is 2.36 bits per heavy atom. The number of nitrogens with one attached hydrogen (secondary N) is 1. The van der Waals surface area contributed by atoms with Gasteiger partial charge in [-0.05, 0) is 31.5 Å². The van der Waals surface area contributed by atoms with Crippen LogP contribution < -0.4 is 14.4 Å². The molecule has 180 valence electrons. The minimum atomic E-state index is -3.64. The van der Waals surface area contributed by atoms with E-state index >= 15 is 0 Å². The third-order valence-corrected chi connectivity index (χ3v) is 6.40. The number of methoxy groups -OCH3 is 1. The Hall–Kier alpha value is -3.14. The first-order valence-corrected chi connectivity index (χ1v) is 12.3. The third-order valence-electron chi connectivity index (χ3n) is 5.22. The number of rotatable bonds is 11. The van der Waals surface area contributed by atoms with Crippen molar-refractivity contribution in [1.29, 1.82) is 0 Å². The van der Waals surface area contributed by atoms with Crippen molar-refractivity contribution in [2.24, 2.45) is 0 Å². The van der Waals surface area contributed by atoms with Gasteiger partial charge in [0.1, 0.15) is 17.6 Å². The van der Waals surface area contributed by atoms with Crippen LogP contribution in [0.5, 0.6) is 5.75 Å². The topological polar surface area (TPSA) is 96.0 Å². The van der Waals surface area contributed by atoms with Crippen molar-refractivity contribution in [3.8, 4) is 5.75 Å². The summed E-state index contributed by atoms with van der Waals surface area (Å²) in [6.07, 6.45) is 1.24. The van der Waals surface area contributed by atoms with E-state index in [1.807, 2.05) is 0 Å². The summed E-state index contributed by atoms with van der Waals surface area (Å²) < 4.78 is 45.5. The number of carbonyl (C=O) groups is 2. The molecule has 10 heteroatoms. The number of halogens is 1. The summed E-state index contributed by atoms with van der Waals surface area (Å²) in [5.74, 6) is -0.850. The van der Waals surface area contributed by atoms with Crippen LogP contribution in [-0.4, -0.2) is 58.1 Å². The molecule has 8 nitrogen and oxygen atoms in total. The lowest BCUT2D eigenvalue weighted by Crippen LogP contribution is -2.47. The summed E-state index contributed by atoms with van der Waals surface area (Å²) in [6.45, 7) is 1.52. The van der Waals surface area contributed by atoms with E-state index in [0.29, 0.717) is 11.4 Å². The van der Waals surface area contributed by atoms with E-state index in [0.717, 1.165) is 6.26 Å². The highest BCUT2D eigenvalue weighted by Gasteiger charge is 2.27. The Morgan fingerprint density at radius 1 is 1.12 bits per heavy atom. The van der Waals surface area contributed by atoms with Gasteiger partial charge in [0.2, 0.25) is 21.8 Å². The van der Waals surface area contributed by atoms with E-state index in [1.165, 1.54) is 29.4 Å². The molecular formula is C23H30FN3O5S. The number of likely N-dealkylation sites (N-methyl/N-ethyl adjacent to an activating group) is 1. The zero-order valence-corrected chi connectivity index (χ0v) is 20.1. The first kappa shape index (κ1) is 26.1. The average Bonchev–Trinajstić information content (AvgIpc) is 2.79. The van der Waals surface area contributed by atoms with Crippen LogP contribution in [0.1, 0.15) is 25.3 Å². The molecule has 1 atom stereocenters. The van der Waals surface area contributed by atoms with Gasteiger partial charge in [0.25, 0.3) is 0 Å². The van der Waals surface area contributed by atoms with E-state index in [1.54, 1.807) is 49.4 Å². The van der Waals surface area contributed by atoms with Crippen molar-refractivity contribution in [3.63, 3.8) is 0 Å². The third kappa shape index (κ3) is 6.92. The van der Waals surface area contributed by atoms with E-state index in [9.17, 15) is 22.4 Å². The van der Waals surface area contributed by atoms with Gasteiger partial charge in [0, 0.05) is 32.1 Å². The predicted molar refractivity (Wildman–Crippen MR) is 125 cm³/mol. The maximum atomic E-state index is 14.2. The molecule has 0 saturated carbocycles. The summed E-state index contributed by atoms with van der Waals surface area (Å²) in [7, 11) is -0.734. The molecule has 2 amide bonds. The number of anilines is 1. The van der Waals surface area contributed by atoms with Crippen molar-refractivity contribution in [3.05, 3.63) is 59.9 Å². The van der Waals surface area contributed by atoms with Crippen molar-refractivity contribution in [1.82, 2.24) is 10.2 Å². The first-order chi connectivity index (χ1) is 15.6. The lowest BCUT2D eigenvalue weighted by molar-refractivity contribution is -0.140. The van der Waals surface area contributed by atoms with Crippen LogP contribution in [0.15, 0.2) is 48.5 Å². The molecule has 0 radical (unpaired) electrons. The summed E-state index contributed by atoms with van der Waals surface area (Å²) in [5.41, 5.74) is 0.658. The molecule has 0 aromatic heterocycles. The zero-order chi connectivity index (χ0) is 24.6. The molecule has 0 bridgehead atoms. The fourth-order valence-corrected chi connectivity index (χ4v) is 4.39. The summed E-state index contributed by atoms with van der Waals surface area (Å²) in [5, 5.41) is 2.50. The van der Waals surface area contributed by atoms with Crippen molar-refractivity contribution < 1.29 is 27.1 Å². The second-order valence-electron chi connectivity index (χ2n) is 7.51. The molecule has 0 aliphatic heterocycles. The van der Waals surface area contributed by atoms with Gasteiger partial charge in [-0.25, -0.2) is 12.8 Å². The van der Waals surface area contributed by atoms with Gasteiger partial charge in [-0.3, -0.25) is 13.9 Å². The Balaban J connectivity index is 2.19. The average molecular weight is 480 g/mol. The normalized spacial score (nSPS) is 12.0. The van der Waals surface area contributed by atoms with Crippen LogP contribution in [-0.2, 0) is 26.2 Å². The Bertz CT molecular complexity index is 1080. The number of benzene rings is 2. The minimum Gasteiger partial charge on any atom is -0.495 e. The molecule has 33 heavy (non-hydrogen) atoms. The van der Waals surface area contributed by atoms with Crippen molar-refractivity contribution in [2.45, 2.75) is 32.4 Å². The molecule has 0 heterocycles. The number of sulfonamides is 1. The molecule has 0 saturated heterocycles. The molecule has 0 fully saturated rings. The largest absolute Gasteiger partial charge is 0.495 e. The fraction of sp³-hybridized carbons (Fsp3) is 0.391. The highest BCUT2D eigenvalue weighted by molar-refractivity contribution is 7.92. The van der Waals surface area contributed by atoms with Crippen molar-refractivity contribution >= 4 is 27.5 Å². The Labute approximate surface area is 194 Å². The Morgan fingerprint density at radius 2 is 1.76 bits per heavy atom. The number of hydrogen-bond donors (Lipinski definition) is 1. The predicted octanol–water partition coefficient (Wildman–Crippen LogP) is 2.54. The van der Waals surface area contributed by atoms with E-state index < -0.39 is 21.9 Å². The van der Waals surface area contributed by atoms with Crippen LogP contribution >= 0.6 is 0 Å². The number of nitrogens with zero attached hydrogens (tertiary/aromatic N) is 2. The minimum absolute atomic E-state index is 0.0308. The van der Waals surface area contributed by atoms with Gasteiger partial charge < -0.3 is 15.0 Å². The van der Waals surface area contributed by atoms with E-state index in [-0.39, 0.29) is 43.3 Å². The van der Waals surface area contributed by atoms with Crippen LogP contribution in [0.3, 0.4) is 0 Å². The van der Waals surface area contributed by atoms with E-state index in [2.05, 4.69) is 5.32 Å². The lowest BCUT2D eigenvalue weighted by atomic mass is 10.1. The molecule has 2 rings (SSSR count). The molecule has 1 unspecified atom stereocenters. The maximum Gasteiger partial charge on any atom is 0.242 e. The van der Waals surface area contributed by atoms with Gasteiger partial charge >= 0.3 is 0 Å². The number of para-hydroxylation sites is 2. The van der Waals surface area contributed by atoms with Gasteiger partial charge in [0.05, 0.1) is 19.1 Å². The quantitative estimate of drug-likeness (QED) is 0.534. The van der Waals surface area contributed by atoms with Crippen LogP contribution in [0, 0.1) is 5.82 Å². The number of carbonyl (C=O) groups excluding carboxylic acids is 2. The molecule has 0 aliphatic carbocycles. The number of amides is 2. The first-order valence-electron chi connectivity index (χ1n) is 10.4. The highest BCUT2D eigenvalue weighted by Crippen LogP contribution is 2.29.